The lowest BCUT2D eigenvalue weighted by Gasteiger charge is -2.35. The van der Waals surface area contributed by atoms with Crippen LogP contribution in [0, 0.1) is 6.92 Å². The van der Waals surface area contributed by atoms with Crippen LogP contribution in [0.2, 0.25) is 0 Å². The number of phenols is 1. The number of rotatable bonds is 3. The smallest absolute Gasteiger partial charge is 0.225 e. The standard InChI is InChI=1S/C20H28N4O/c1-15-12-17(20(2,3)4)13-16(18(15)25)14-23-8-10-24(11-9-23)19-21-6-5-7-22-19/h5-7,12-13,25H,8-11,14H2,1-4H3. The summed E-state index contributed by atoms with van der Waals surface area (Å²) in [5.41, 5.74) is 3.33. The van der Waals surface area contributed by atoms with E-state index >= 15 is 0 Å². The lowest BCUT2D eigenvalue weighted by molar-refractivity contribution is 0.245. The van der Waals surface area contributed by atoms with Crippen LogP contribution in [0.5, 0.6) is 5.75 Å². The molecule has 5 heteroatoms. The van der Waals surface area contributed by atoms with E-state index in [2.05, 4.69) is 52.7 Å². The first-order valence-electron chi connectivity index (χ1n) is 8.92. The van der Waals surface area contributed by atoms with Gasteiger partial charge in [0.05, 0.1) is 0 Å². The number of aromatic nitrogens is 2. The quantitative estimate of drug-likeness (QED) is 0.930. The van der Waals surface area contributed by atoms with Gasteiger partial charge in [0.25, 0.3) is 0 Å². The van der Waals surface area contributed by atoms with E-state index < -0.39 is 0 Å². The molecule has 0 saturated carbocycles. The summed E-state index contributed by atoms with van der Waals surface area (Å²) in [5, 5.41) is 10.5. The molecular formula is C20H28N4O. The van der Waals surface area contributed by atoms with Crippen LogP contribution in [0.3, 0.4) is 0 Å². The molecule has 134 valence electrons. The molecule has 25 heavy (non-hydrogen) atoms. The molecule has 5 nitrogen and oxygen atoms in total. The summed E-state index contributed by atoms with van der Waals surface area (Å²) in [6.07, 6.45) is 3.57. The van der Waals surface area contributed by atoms with Crippen molar-refractivity contribution in [2.45, 2.75) is 39.7 Å². The highest BCUT2D eigenvalue weighted by Gasteiger charge is 2.22. The lowest BCUT2D eigenvalue weighted by Crippen LogP contribution is -2.46. The van der Waals surface area contributed by atoms with Crippen LogP contribution >= 0.6 is 0 Å². The normalized spacial score (nSPS) is 16.2. The fourth-order valence-corrected chi connectivity index (χ4v) is 3.21. The molecule has 1 fully saturated rings. The molecule has 1 aliphatic rings. The van der Waals surface area contributed by atoms with Gasteiger partial charge in [-0.05, 0) is 29.5 Å². The molecule has 0 spiro atoms. The third kappa shape index (κ3) is 4.10. The monoisotopic (exact) mass is 340 g/mol. The Kier molecular flexibility index (Phi) is 4.95. The number of piperazine rings is 1. The van der Waals surface area contributed by atoms with Gasteiger partial charge in [-0.1, -0.05) is 32.9 Å². The van der Waals surface area contributed by atoms with Gasteiger partial charge in [0.2, 0.25) is 5.95 Å². The lowest BCUT2D eigenvalue weighted by atomic mass is 9.85. The van der Waals surface area contributed by atoms with Crippen molar-refractivity contribution in [3.63, 3.8) is 0 Å². The molecule has 2 heterocycles. The van der Waals surface area contributed by atoms with Crippen LogP contribution < -0.4 is 4.90 Å². The van der Waals surface area contributed by atoms with Crippen LogP contribution in [0.1, 0.15) is 37.5 Å². The Balaban J connectivity index is 1.69. The molecule has 0 aliphatic carbocycles. The highest BCUT2D eigenvalue weighted by atomic mass is 16.3. The minimum absolute atomic E-state index is 0.0799. The zero-order chi connectivity index (χ0) is 18.0. The molecule has 0 unspecified atom stereocenters. The summed E-state index contributed by atoms with van der Waals surface area (Å²) in [5.74, 6) is 1.23. The average molecular weight is 340 g/mol. The number of aryl methyl sites for hydroxylation is 1. The third-order valence-corrected chi connectivity index (χ3v) is 4.85. The second-order valence-electron chi connectivity index (χ2n) is 7.86. The average Bonchev–Trinajstić information content (AvgIpc) is 2.59. The van der Waals surface area contributed by atoms with Crippen LogP contribution in [0.4, 0.5) is 5.95 Å². The van der Waals surface area contributed by atoms with Crippen molar-refractivity contribution >= 4 is 5.95 Å². The molecule has 0 radical (unpaired) electrons. The van der Waals surface area contributed by atoms with Crippen molar-refractivity contribution in [3.05, 3.63) is 47.3 Å². The molecule has 1 N–H and O–H groups in total. The first kappa shape index (κ1) is 17.7. The molecule has 2 aromatic rings. The Bertz CT molecular complexity index is 716. The second kappa shape index (κ2) is 7.00. The van der Waals surface area contributed by atoms with E-state index in [0.717, 1.165) is 49.8 Å². The third-order valence-electron chi connectivity index (χ3n) is 4.85. The molecule has 1 saturated heterocycles. The van der Waals surface area contributed by atoms with Crippen LogP contribution in [0.25, 0.3) is 0 Å². The maximum absolute atomic E-state index is 10.5. The predicted molar refractivity (Wildman–Crippen MR) is 101 cm³/mol. The number of aromatic hydroxyl groups is 1. The van der Waals surface area contributed by atoms with Crippen molar-refractivity contribution in [2.75, 3.05) is 31.1 Å². The fourth-order valence-electron chi connectivity index (χ4n) is 3.21. The van der Waals surface area contributed by atoms with Gasteiger partial charge in [-0.25, -0.2) is 9.97 Å². The number of nitrogens with zero attached hydrogens (tertiary/aromatic N) is 4. The first-order chi connectivity index (χ1) is 11.8. The summed E-state index contributed by atoms with van der Waals surface area (Å²) in [7, 11) is 0. The molecule has 1 aliphatic heterocycles. The number of hydrogen-bond donors (Lipinski definition) is 1. The fraction of sp³-hybridized carbons (Fsp3) is 0.500. The molecule has 0 atom stereocenters. The molecular weight excluding hydrogens is 312 g/mol. The van der Waals surface area contributed by atoms with Gasteiger partial charge in [-0.15, -0.1) is 0 Å². The summed E-state index contributed by atoms with van der Waals surface area (Å²) in [6, 6.07) is 6.10. The van der Waals surface area contributed by atoms with Crippen molar-refractivity contribution in [3.8, 4) is 5.75 Å². The van der Waals surface area contributed by atoms with Gasteiger partial charge in [-0.2, -0.15) is 0 Å². The number of anilines is 1. The second-order valence-corrected chi connectivity index (χ2v) is 7.86. The summed E-state index contributed by atoms with van der Waals surface area (Å²) < 4.78 is 0. The van der Waals surface area contributed by atoms with E-state index in [0.29, 0.717) is 5.75 Å². The molecule has 3 rings (SSSR count). The van der Waals surface area contributed by atoms with E-state index in [4.69, 9.17) is 0 Å². The van der Waals surface area contributed by atoms with Gasteiger partial charge in [0.1, 0.15) is 5.75 Å². The molecule has 0 amide bonds. The zero-order valence-corrected chi connectivity index (χ0v) is 15.7. The Morgan fingerprint density at radius 2 is 1.68 bits per heavy atom. The van der Waals surface area contributed by atoms with Crippen molar-refractivity contribution in [1.82, 2.24) is 14.9 Å². The topological polar surface area (TPSA) is 52.5 Å². The van der Waals surface area contributed by atoms with E-state index in [9.17, 15) is 5.11 Å². The van der Waals surface area contributed by atoms with Crippen molar-refractivity contribution < 1.29 is 5.11 Å². The summed E-state index contributed by atoms with van der Waals surface area (Å²) >= 11 is 0. The van der Waals surface area contributed by atoms with Crippen LogP contribution in [0.15, 0.2) is 30.6 Å². The zero-order valence-electron chi connectivity index (χ0n) is 15.7. The van der Waals surface area contributed by atoms with Gasteiger partial charge >= 0.3 is 0 Å². The number of phenolic OH excluding ortho intramolecular Hbond substituents is 1. The Morgan fingerprint density at radius 3 is 2.28 bits per heavy atom. The number of hydrogen-bond acceptors (Lipinski definition) is 5. The largest absolute Gasteiger partial charge is 0.507 e. The van der Waals surface area contributed by atoms with E-state index in [1.807, 2.05) is 13.0 Å². The molecule has 1 aromatic heterocycles. The maximum atomic E-state index is 10.5. The van der Waals surface area contributed by atoms with Crippen LogP contribution in [-0.4, -0.2) is 46.2 Å². The highest BCUT2D eigenvalue weighted by Crippen LogP contribution is 2.31. The Hall–Kier alpha value is -2.14. The van der Waals surface area contributed by atoms with Gasteiger partial charge < -0.3 is 10.0 Å². The minimum atomic E-state index is 0.0799. The van der Waals surface area contributed by atoms with Gasteiger partial charge in [0.15, 0.2) is 0 Å². The highest BCUT2D eigenvalue weighted by molar-refractivity contribution is 5.45. The first-order valence-corrected chi connectivity index (χ1v) is 8.92. The van der Waals surface area contributed by atoms with Gasteiger partial charge in [-0.3, -0.25) is 4.90 Å². The van der Waals surface area contributed by atoms with Crippen molar-refractivity contribution in [2.24, 2.45) is 0 Å². The molecule has 0 bridgehead atoms. The number of benzene rings is 1. The summed E-state index contributed by atoms with van der Waals surface area (Å²) in [6.45, 7) is 13.1. The van der Waals surface area contributed by atoms with Crippen LogP contribution in [-0.2, 0) is 12.0 Å². The van der Waals surface area contributed by atoms with E-state index in [1.165, 1.54) is 5.56 Å². The predicted octanol–water partition coefficient (Wildman–Crippen LogP) is 3.11. The van der Waals surface area contributed by atoms with Crippen molar-refractivity contribution in [1.29, 1.82) is 0 Å². The SMILES string of the molecule is Cc1cc(C(C)(C)C)cc(CN2CCN(c3ncccn3)CC2)c1O. The Morgan fingerprint density at radius 1 is 1.04 bits per heavy atom. The summed E-state index contributed by atoms with van der Waals surface area (Å²) in [4.78, 5) is 13.3. The Labute approximate surface area is 150 Å². The van der Waals surface area contributed by atoms with Gasteiger partial charge in [0, 0.05) is 50.7 Å². The van der Waals surface area contributed by atoms with E-state index in [-0.39, 0.29) is 5.41 Å². The maximum Gasteiger partial charge on any atom is 0.225 e. The minimum Gasteiger partial charge on any atom is -0.507 e. The molecule has 1 aromatic carbocycles. The van der Waals surface area contributed by atoms with E-state index in [1.54, 1.807) is 12.4 Å².